The van der Waals surface area contributed by atoms with Gasteiger partial charge in [-0.15, -0.1) is 0 Å². The van der Waals surface area contributed by atoms with Crippen LogP contribution in [0.25, 0.3) is 0 Å². The van der Waals surface area contributed by atoms with Gasteiger partial charge in [0, 0.05) is 5.02 Å². The molecule has 0 aliphatic heterocycles. The fraction of sp³-hybridized carbons (Fsp3) is 0.227. The molecule has 35 heavy (non-hydrogen) atoms. The topological polar surface area (TPSA) is 127 Å². The molecule has 0 saturated carbocycles. The van der Waals surface area contributed by atoms with Crippen LogP contribution in [-0.2, 0) is 21.1 Å². The number of halogens is 5. The maximum absolute atomic E-state index is 13.3. The molecule has 0 saturated heterocycles. The molecule has 13 heteroatoms. The molecule has 1 unspecified atom stereocenters. The van der Waals surface area contributed by atoms with Crippen molar-refractivity contribution in [2.75, 3.05) is 12.0 Å². The van der Waals surface area contributed by atoms with E-state index in [0.717, 1.165) is 12.1 Å². The summed E-state index contributed by atoms with van der Waals surface area (Å²) in [4.78, 5) is 23.2. The Morgan fingerprint density at radius 3 is 2.31 bits per heavy atom. The molecule has 1 atom stereocenters. The first-order valence-electron chi connectivity index (χ1n) is 9.67. The van der Waals surface area contributed by atoms with Gasteiger partial charge in [0.2, 0.25) is 5.71 Å². The second-order valence-electron chi connectivity index (χ2n) is 6.98. The Balaban J connectivity index is 2.36. The Morgan fingerprint density at radius 2 is 1.77 bits per heavy atom. The van der Waals surface area contributed by atoms with Crippen molar-refractivity contribution in [2.45, 2.75) is 25.4 Å². The van der Waals surface area contributed by atoms with Crippen LogP contribution in [0.1, 0.15) is 30.5 Å². The molecule has 2 N–H and O–H groups in total. The number of alkyl halides is 3. The molecule has 2 aromatic carbocycles. The minimum atomic E-state index is -4.73. The smallest absolute Gasteiger partial charge is 0.417 e. The molecule has 2 aromatic rings. The van der Waals surface area contributed by atoms with E-state index in [9.17, 15) is 28.0 Å². The molecule has 0 spiro atoms. The Labute approximate surface area is 207 Å². The van der Waals surface area contributed by atoms with Crippen LogP contribution in [-0.4, -0.2) is 24.3 Å². The number of imide groups is 1. The SMILES string of the molecule is CCOC(=O)NC(=O)/C(C#N)=N\Nc1ccc(C(C)(C#N)c2ccc(Cl)c(C(F)(F)F)c2)c(Cl)c1. The van der Waals surface area contributed by atoms with Crippen molar-refractivity contribution in [1.29, 1.82) is 10.5 Å². The summed E-state index contributed by atoms with van der Waals surface area (Å²) < 4.78 is 44.5. The van der Waals surface area contributed by atoms with Crippen LogP contribution in [0.4, 0.5) is 23.7 Å². The van der Waals surface area contributed by atoms with Gasteiger partial charge in [-0.1, -0.05) is 35.3 Å². The summed E-state index contributed by atoms with van der Waals surface area (Å²) in [7, 11) is 0. The number of rotatable bonds is 6. The van der Waals surface area contributed by atoms with Gasteiger partial charge in [-0.05, 0) is 49.2 Å². The number of nitrogens with zero attached hydrogens (tertiary/aromatic N) is 3. The highest BCUT2D eigenvalue weighted by Crippen LogP contribution is 2.41. The number of ether oxygens (including phenoxy) is 1. The molecule has 0 bridgehead atoms. The van der Waals surface area contributed by atoms with Crippen molar-refractivity contribution in [1.82, 2.24) is 5.32 Å². The molecule has 0 fully saturated rings. The van der Waals surface area contributed by atoms with Crippen molar-refractivity contribution in [2.24, 2.45) is 5.10 Å². The van der Waals surface area contributed by atoms with E-state index in [0.29, 0.717) is 0 Å². The largest absolute Gasteiger partial charge is 0.450 e. The zero-order valence-corrected chi connectivity index (χ0v) is 19.6. The van der Waals surface area contributed by atoms with E-state index >= 15 is 0 Å². The molecule has 2 rings (SSSR count). The third kappa shape index (κ3) is 6.41. The standard InChI is InChI=1S/C22H16Cl2F3N5O3/c1-3-35-20(34)30-19(33)18(10-28)32-31-13-5-6-14(17(24)9-13)21(2,11-29)12-4-7-16(23)15(8-12)22(25,26)27/h4-9,31H,3H2,1-2H3,(H,30,33,34)/b32-18-. The van der Waals surface area contributed by atoms with Crippen LogP contribution >= 0.6 is 23.2 Å². The molecule has 0 radical (unpaired) electrons. The van der Waals surface area contributed by atoms with E-state index in [-0.39, 0.29) is 28.4 Å². The van der Waals surface area contributed by atoms with Crippen molar-refractivity contribution in [3.8, 4) is 12.1 Å². The van der Waals surface area contributed by atoms with E-state index in [4.69, 9.17) is 28.5 Å². The summed E-state index contributed by atoms with van der Waals surface area (Å²) in [5.41, 5.74) is -0.568. The van der Waals surface area contributed by atoms with Crippen LogP contribution < -0.4 is 10.7 Å². The fourth-order valence-corrected chi connectivity index (χ4v) is 3.48. The lowest BCUT2D eigenvalue weighted by atomic mass is 9.77. The summed E-state index contributed by atoms with van der Waals surface area (Å²) in [6.07, 6.45) is -5.78. The highest BCUT2D eigenvalue weighted by atomic mass is 35.5. The lowest BCUT2D eigenvalue weighted by molar-refractivity contribution is -0.137. The van der Waals surface area contributed by atoms with E-state index in [1.54, 1.807) is 0 Å². The van der Waals surface area contributed by atoms with Crippen LogP contribution in [0.3, 0.4) is 0 Å². The second kappa shape index (κ2) is 11.1. The Hall–Kier alpha value is -3.80. The number of hydrazone groups is 1. The minimum Gasteiger partial charge on any atom is -0.450 e. The Morgan fingerprint density at radius 1 is 1.09 bits per heavy atom. The first-order chi connectivity index (χ1) is 16.4. The third-order valence-electron chi connectivity index (χ3n) is 4.69. The predicted octanol–water partition coefficient (Wildman–Crippen LogP) is 5.41. The lowest BCUT2D eigenvalue weighted by Gasteiger charge is -2.25. The number of nitrogens with one attached hydrogen (secondary N) is 2. The Bertz CT molecular complexity index is 1270. The van der Waals surface area contributed by atoms with E-state index < -0.39 is 39.9 Å². The predicted molar refractivity (Wildman–Crippen MR) is 122 cm³/mol. The summed E-state index contributed by atoms with van der Waals surface area (Å²) in [6, 6.07) is 10.7. The van der Waals surface area contributed by atoms with Gasteiger partial charge in [-0.2, -0.15) is 28.8 Å². The molecule has 8 nitrogen and oxygen atoms in total. The number of amides is 2. The van der Waals surface area contributed by atoms with Gasteiger partial charge in [0.15, 0.2) is 0 Å². The van der Waals surface area contributed by atoms with E-state index in [1.165, 1.54) is 44.2 Å². The van der Waals surface area contributed by atoms with Gasteiger partial charge in [0.05, 0.1) is 28.9 Å². The van der Waals surface area contributed by atoms with Crippen molar-refractivity contribution in [3.63, 3.8) is 0 Å². The normalized spacial score (nSPS) is 13.1. The average molecular weight is 526 g/mol. The zero-order chi connectivity index (χ0) is 26.4. The summed E-state index contributed by atoms with van der Waals surface area (Å²) in [5.74, 6) is -1.11. The molecular formula is C22H16Cl2F3N5O3. The first-order valence-corrected chi connectivity index (χ1v) is 10.4. The first kappa shape index (κ1) is 27.4. The number of hydrogen-bond donors (Lipinski definition) is 2. The van der Waals surface area contributed by atoms with Crippen molar-refractivity contribution in [3.05, 3.63) is 63.1 Å². The number of nitriles is 2. The van der Waals surface area contributed by atoms with Gasteiger partial charge in [-0.3, -0.25) is 15.5 Å². The molecule has 0 aromatic heterocycles. The van der Waals surface area contributed by atoms with Crippen LogP contribution in [0, 0.1) is 22.7 Å². The zero-order valence-electron chi connectivity index (χ0n) is 18.1. The van der Waals surface area contributed by atoms with Gasteiger partial charge in [0.25, 0.3) is 5.91 Å². The molecule has 0 aliphatic rings. The van der Waals surface area contributed by atoms with Crippen molar-refractivity contribution >= 4 is 46.6 Å². The number of carbonyl (C=O) groups is 2. The van der Waals surface area contributed by atoms with Gasteiger partial charge >= 0.3 is 12.3 Å². The number of alkyl carbamates (subject to hydrolysis) is 1. The highest BCUT2D eigenvalue weighted by molar-refractivity contribution is 6.46. The van der Waals surface area contributed by atoms with Crippen molar-refractivity contribution < 1.29 is 27.5 Å². The van der Waals surface area contributed by atoms with Gasteiger partial charge in [0.1, 0.15) is 11.5 Å². The molecule has 0 heterocycles. The quantitative estimate of drug-likeness (QED) is 0.383. The maximum Gasteiger partial charge on any atom is 0.417 e. The lowest BCUT2D eigenvalue weighted by Crippen LogP contribution is -2.36. The molecular weight excluding hydrogens is 510 g/mol. The molecule has 2 amide bonds. The number of hydrogen-bond acceptors (Lipinski definition) is 7. The van der Waals surface area contributed by atoms with E-state index in [2.05, 4.69) is 15.3 Å². The number of anilines is 1. The summed E-state index contributed by atoms with van der Waals surface area (Å²) in [5, 5.41) is 23.8. The highest BCUT2D eigenvalue weighted by Gasteiger charge is 2.37. The number of benzene rings is 2. The summed E-state index contributed by atoms with van der Waals surface area (Å²) in [6.45, 7) is 2.94. The van der Waals surface area contributed by atoms with Crippen LogP contribution in [0.15, 0.2) is 41.5 Å². The van der Waals surface area contributed by atoms with Crippen LogP contribution in [0.5, 0.6) is 0 Å². The third-order valence-corrected chi connectivity index (χ3v) is 5.33. The van der Waals surface area contributed by atoms with E-state index in [1.807, 2.05) is 11.4 Å². The fourth-order valence-electron chi connectivity index (χ4n) is 2.89. The van der Waals surface area contributed by atoms with Gasteiger partial charge in [-0.25, -0.2) is 4.79 Å². The monoisotopic (exact) mass is 525 g/mol. The molecule has 182 valence electrons. The van der Waals surface area contributed by atoms with Gasteiger partial charge < -0.3 is 4.74 Å². The van der Waals surface area contributed by atoms with Crippen LogP contribution in [0.2, 0.25) is 10.0 Å². The molecule has 0 aliphatic carbocycles. The second-order valence-corrected chi connectivity index (χ2v) is 7.80. The number of carbonyl (C=O) groups excluding carboxylic acids is 2. The summed E-state index contributed by atoms with van der Waals surface area (Å²) >= 11 is 12.0. The Kier molecular flexibility index (Phi) is 8.69. The minimum absolute atomic E-state index is 0.00718. The average Bonchev–Trinajstić information content (AvgIpc) is 2.78. The maximum atomic E-state index is 13.3.